The minimum atomic E-state index is -0.923. The lowest BCUT2D eigenvalue weighted by molar-refractivity contribution is -0.139. The lowest BCUT2D eigenvalue weighted by Crippen LogP contribution is -2.33. The molecule has 1 fully saturated rings. The van der Waals surface area contributed by atoms with Crippen molar-refractivity contribution in [3.8, 4) is 0 Å². The Morgan fingerprint density at radius 2 is 1.89 bits per heavy atom. The fraction of sp³-hybridized carbons (Fsp3) is 0.429. The average molecular weight is 265 g/mol. The maximum atomic E-state index is 12.8. The third-order valence-electron chi connectivity index (χ3n) is 3.12. The van der Waals surface area contributed by atoms with Crippen molar-refractivity contribution in [3.63, 3.8) is 0 Å². The first-order valence-corrected chi connectivity index (χ1v) is 6.31. The van der Waals surface area contributed by atoms with Crippen LogP contribution in [0, 0.1) is 11.7 Å². The Bertz CT molecular complexity index is 468. The van der Waals surface area contributed by atoms with Gasteiger partial charge in [-0.05, 0) is 30.5 Å². The second-order valence-corrected chi connectivity index (χ2v) is 4.80. The normalized spacial score (nSPS) is 14.2. The molecule has 19 heavy (non-hydrogen) atoms. The fourth-order valence-electron chi connectivity index (χ4n) is 1.90. The molecular formula is C14H16FNO3. The molecule has 102 valence electrons. The number of nitrogens with zero attached hydrogens (tertiary/aromatic N) is 1. The number of halogens is 1. The molecule has 1 aliphatic rings. The van der Waals surface area contributed by atoms with E-state index in [9.17, 15) is 14.0 Å². The summed E-state index contributed by atoms with van der Waals surface area (Å²) in [4.78, 5) is 24.2. The number of carbonyl (C=O) groups excluding carboxylic acids is 1. The molecule has 1 aromatic carbocycles. The van der Waals surface area contributed by atoms with Crippen LogP contribution < -0.4 is 0 Å². The summed E-state index contributed by atoms with van der Waals surface area (Å²) >= 11 is 0. The van der Waals surface area contributed by atoms with Crippen molar-refractivity contribution in [3.05, 3.63) is 35.6 Å². The van der Waals surface area contributed by atoms with Crippen LogP contribution in [-0.4, -0.2) is 28.4 Å². The first-order valence-electron chi connectivity index (χ1n) is 6.31. The van der Waals surface area contributed by atoms with Gasteiger partial charge in [-0.1, -0.05) is 12.1 Å². The molecule has 1 aliphatic carbocycles. The van der Waals surface area contributed by atoms with Crippen LogP contribution in [0.1, 0.15) is 24.8 Å². The zero-order valence-electron chi connectivity index (χ0n) is 10.5. The number of hydrogen-bond acceptors (Lipinski definition) is 2. The van der Waals surface area contributed by atoms with Gasteiger partial charge in [0.2, 0.25) is 5.91 Å². The van der Waals surface area contributed by atoms with Gasteiger partial charge in [-0.15, -0.1) is 0 Å². The van der Waals surface area contributed by atoms with Crippen LogP contribution in [0.3, 0.4) is 0 Å². The van der Waals surface area contributed by atoms with E-state index in [1.807, 2.05) is 0 Å². The summed E-state index contributed by atoms with van der Waals surface area (Å²) in [7, 11) is 0. The van der Waals surface area contributed by atoms with E-state index in [1.165, 1.54) is 12.1 Å². The molecule has 1 aromatic rings. The van der Waals surface area contributed by atoms with Gasteiger partial charge in [0.1, 0.15) is 5.82 Å². The Morgan fingerprint density at radius 1 is 1.26 bits per heavy atom. The van der Waals surface area contributed by atoms with Crippen LogP contribution in [0.2, 0.25) is 0 Å². The highest BCUT2D eigenvalue weighted by Gasteiger charge is 2.33. The minimum Gasteiger partial charge on any atom is -0.481 e. The predicted molar refractivity (Wildman–Crippen MR) is 66.8 cm³/mol. The summed E-state index contributed by atoms with van der Waals surface area (Å²) in [5, 5.41) is 8.71. The first kappa shape index (κ1) is 13.5. The van der Waals surface area contributed by atoms with Gasteiger partial charge in [0.25, 0.3) is 0 Å². The maximum absolute atomic E-state index is 12.8. The Labute approximate surface area is 110 Å². The summed E-state index contributed by atoms with van der Waals surface area (Å²) in [5.74, 6) is -1.19. The summed E-state index contributed by atoms with van der Waals surface area (Å²) < 4.78 is 12.8. The molecule has 0 unspecified atom stereocenters. The number of carboxylic acids is 1. The SMILES string of the molecule is O=C(O)CCN(Cc1ccc(F)cc1)C(=O)C1CC1. The zero-order valence-corrected chi connectivity index (χ0v) is 10.5. The van der Waals surface area contributed by atoms with E-state index in [1.54, 1.807) is 17.0 Å². The van der Waals surface area contributed by atoms with Gasteiger partial charge in [-0.25, -0.2) is 4.39 Å². The molecule has 1 amide bonds. The van der Waals surface area contributed by atoms with Gasteiger partial charge in [0.15, 0.2) is 0 Å². The molecule has 0 saturated heterocycles. The predicted octanol–water partition coefficient (Wildman–Crippen LogP) is 2.04. The fourth-order valence-corrected chi connectivity index (χ4v) is 1.90. The maximum Gasteiger partial charge on any atom is 0.305 e. The van der Waals surface area contributed by atoms with Crippen LogP contribution in [-0.2, 0) is 16.1 Å². The van der Waals surface area contributed by atoms with Gasteiger partial charge in [0.05, 0.1) is 6.42 Å². The minimum absolute atomic E-state index is 0.00516. The summed E-state index contributed by atoms with van der Waals surface area (Å²) in [6.07, 6.45) is 1.69. The second-order valence-electron chi connectivity index (χ2n) is 4.80. The molecule has 0 radical (unpaired) electrons. The Balaban J connectivity index is 2.01. The van der Waals surface area contributed by atoms with Crippen molar-refractivity contribution in [2.75, 3.05) is 6.54 Å². The monoisotopic (exact) mass is 265 g/mol. The molecule has 0 atom stereocenters. The van der Waals surface area contributed by atoms with Crippen molar-refractivity contribution in [2.45, 2.75) is 25.8 Å². The van der Waals surface area contributed by atoms with Crippen LogP contribution in [0.4, 0.5) is 4.39 Å². The van der Waals surface area contributed by atoms with Crippen molar-refractivity contribution >= 4 is 11.9 Å². The number of amides is 1. The lowest BCUT2D eigenvalue weighted by Gasteiger charge is -2.22. The zero-order chi connectivity index (χ0) is 13.8. The molecule has 4 nitrogen and oxygen atoms in total. The van der Waals surface area contributed by atoms with Crippen molar-refractivity contribution in [2.24, 2.45) is 5.92 Å². The number of benzene rings is 1. The smallest absolute Gasteiger partial charge is 0.305 e. The lowest BCUT2D eigenvalue weighted by atomic mass is 10.2. The van der Waals surface area contributed by atoms with E-state index >= 15 is 0 Å². The van der Waals surface area contributed by atoms with Crippen molar-refractivity contribution in [1.29, 1.82) is 0 Å². The van der Waals surface area contributed by atoms with Crippen LogP contribution >= 0.6 is 0 Å². The molecule has 1 saturated carbocycles. The first-order chi connectivity index (χ1) is 9.06. The topological polar surface area (TPSA) is 57.6 Å². The highest BCUT2D eigenvalue weighted by molar-refractivity contribution is 5.81. The van der Waals surface area contributed by atoms with E-state index < -0.39 is 5.97 Å². The average Bonchev–Trinajstić information content (AvgIpc) is 3.20. The standard InChI is InChI=1S/C14H16FNO3/c15-12-5-1-10(2-6-12)9-16(8-7-13(17)18)14(19)11-3-4-11/h1-2,5-6,11H,3-4,7-9H2,(H,17,18). The third kappa shape index (κ3) is 4.05. The number of hydrogen-bond donors (Lipinski definition) is 1. The molecule has 5 heteroatoms. The summed E-state index contributed by atoms with van der Waals surface area (Å²) in [5.41, 5.74) is 0.806. The van der Waals surface area contributed by atoms with Crippen LogP contribution in [0.15, 0.2) is 24.3 Å². The number of aliphatic carboxylic acids is 1. The molecule has 2 rings (SSSR count). The van der Waals surface area contributed by atoms with Crippen molar-refractivity contribution < 1.29 is 19.1 Å². The number of carboxylic acid groups (broad SMARTS) is 1. The third-order valence-corrected chi connectivity index (χ3v) is 3.12. The van der Waals surface area contributed by atoms with Gasteiger partial charge < -0.3 is 10.0 Å². The van der Waals surface area contributed by atoms with E-state index in [0.29, 0.717) is 6.54 Å². The molecular weight excluding hydrogens is 249 g/mol. The van der Waals surface area contributed by atoms with E-state index in [0.717, 1.165) is 18.4 Å². The van der Waals surface area contributed by atoms with E-state index in [2.05, 4.69) is 0 Å². The molecule has 0 bridgehead atoms. The van der Waals surface area contributed by atoms with E-state index in [4.69, 9.17) is 5.11 Å². The van der Waals surface area contributed by atoms with Gasteiger partial charge in [-0.3, -0.25) is 9.59 Å². The van der Waals surface area contributed by atoms with Gasteiger partial charge >= 0.3 is 5.97 Å². The molecule has 0 aliphatic heterocycles. The Hall–Kier alpha value is -1.91. The van der Waals surface area contributed by atoms with Gasteiger partial charge in [-0.2, -0.15) is 0 Å². The second kappa shape index (κ2) is 5.82. The Kier molecular flexibility index (Phi) is 4.14. The number of rotatable bonds is 6. The van der Waals surface area contributed by atoms with Crippen LogP contribution in [0.5, 0.6) is 0 Å². The Morgan fingerprint density at radius 3 is 2.42 bits per heavy atom. The van der Waals surface area contributed by atoms with Gasteiger partial charge in [0, 0.05) is 19.0 Å². The molecule has 1 N–H and O–H groups in total. The van der Waals surface area contributed by atoms with Crippen LogP contribution in [0.25, 0.3) is 0 Å². The largest absolute Gasteiger partial charge is 0.481 e. The highest BCUT2D eigenvalue weighted by Crippen LogP contribution is 2.31. The van der Waals surface area contributed by atoms with Crippen molar-refractivity contribution in [1.82, 2.24) is 4.90 Å². The highest BCUT2D eigenvalue weighted by atomic mass is 19.1. The molecule has 0 aromatic heterocycles. The quantitative estimate of drug-likeness (QED) is 0.856. The summed E-state index contributed by atoms with van der Waals surface area (Å²) in [6.45, 7) is 0.533. The van der Waals surface area contributed by atoms with E-state index in [-0.39, 0.29) is 30.6 Å². The molecule has 0 spiro atoms. The number of carbonyl (C=O) groups is 2. The summed E-state index contributed by atoms with van der Waals surface area (Å²) in [6, 6.07) is 5.91. The molecule has 0 heterocycles.